The Kier molecular flexibility index (Phi) is 4.80. The van der Waals surface area contributed by atoms with Crippen molar-refractivity contribution in [3.8, 4) is 11.1 Å². The third-order valence-corrected chi connectivity index (χ3v) is 5.18. The van der Waals surface area contributed by atoms with Gasteiger partial charge in [0.1, 0.15) is 0 Å². The van der Waals surface area contributed by atoms with E-state index in [9.17, 15) is 4.79 Å². The maximum Gasteiger partial charge on any atom is 0.211 e. The molecular weight excluding hydrogens is 330 g/mol. The van der Waals surface area contributed by atoms with Crippen molar-refractivity contribution in [1.29, 1.82) is 0 Å². The monoisotopic (exact) mass is 352 g/mol. The molecule has 132 valence electrons. The second-order valence-corrected chi connectivity index (χ2v) is 6.88. The lowest BCUT2D eigenvalue weighted by Gasteiger charge is -2.29. The lowest BCUT2D eigenvalue weighted by Crippen LogP contribution is -2.45. The quantitative estimate of drug-likeness (QED) is 0.612. The molecular formula is C25H22NO+. The fourth-order valence-electron chi connectivity index (χ4n) is 3.64. The topological polar surface area (TPSA) is 20.9 Å². The molecule has 0 amide bonds. The average molecular weight is 352 g/mol. The highest BCUT2D eigenvalue weighted by atomic mass is 16.1. The van der Waals surface area contributed by atoms with Crippen LogP contribution in [-0.4, -0.2) is 5.78 Å². The predicted molar refractivity (Wildman–Crippen MR) is 108 cm³/mol. The molecule has 0 saturated carbocycles. The van der Waals surface area contributed by atoms with Gasteiger partial charge in [0.15, 0.2) is 12.4 Å². The highest BCUT2D eigenvalue weighted by Gasteiger charge is 2.39. The van der Waals surface area contributed by atoms with Crippen molar-refractivity contribution >= 4 is 5.78 Å². The van der Waals surface area contributed by atoms with Gasteiger partial charge in [0, 0.05) is 12.1 Å². The van der Waals surface area contributed by atoms with Crippen LogP contribution in [-0.2, 0) is 16.8 Å². The van der Waals surface area contributed by atoms with Crippen molar-refractivity contribution in [2.24, 2.45) is 0 Å². The van der Waals surface area contributed by atoms with E-state index in [0.29, 0.717) is 13.0 Å². The van der Waals surface area contributed by atoms with Gasteiger partial charge < -0.3 is 0 Å². The summed E-state index contributed by atoms with van der Waals surface area (Å²) < 4.78 is 1.94. The first-order chi connectivity index (χ1) is 13.3. The molecule has 2 aromatic carbocycles. The summed E-state index contributed by atoms with van der Waals surface area (Å²) in [7, 11) is 0. The van der Waals surface area contributed by atoms with E-state index >= 15 is 0 Å². The molecule has 0 spiro atoms. The standard InChI is InChI=1S/C25H22NO/c27-24(20-26-18-8-3-9-19-26)25(16-6-2-7-17-25)23-14-12-22(13-15-23)21-10-4-1-5-11-21/h1-16,18-19H,17,20H2/q+1. The SMILES string of the molecule is O=C(C[n+]1ccccc1)C1(c2ccc(-c3ccccc3)cc2)C=CC=CC1. The molecule has 1 aliphatic carbocycles. The Morgan fingerprint density at radius 2 is 1.48 bits per heavy atom. The van der Waals surface area contributed by atoms with E-state index in [1.54, 1.807) is 0 Å². The van der Waals surface area contributed by atoms with Gasteiger partial charge in [-0.15, -0.1) is 0 Å². The highest BCUT2D eigenvalue weighted by molar-refractivity contribution is 5.92. The van der Waals surface area contributed by atoms with Crippen LogP contribution < -0.4 is 4.57 Å². The van der Waals surface area contributed by atoms with E-state index < -0.39 is 5.41 Å². The Labute approximate surface area is 160 Å². The molecule has 2 heteroatoms. The fourth-order valence-corrected chi connectivity index (χ4v) is 3.64. The molecule has 0 N–H and O–H groups in total. The summed E-state index contributed by atoms with van der Waals surface area (Å²) in [6, 6.07) is 24.6. The Bertz CT molecular complexity index is 972. The van der Waals surface area contributed by atoms with E-state index in [4.69, 9.17) is 0 Å². The van der Waals surface area contributed by atoms with Gasteiger partial charge in [-0.25, -0.2) is 0 Å². The molecule has 1 aliphatic rings. The number of ketones is 1. The van der Waals surface area contributed by atoms with E-state index in [1.165, 1.54) is 5.56 Å². The van der Waals surface area contributed by atoms with Crippen LogP contribution in [0.4, 0.5) is 0 Å². The van der Waals surface area contributed by atoms with E-state index in [-0.39, 0.29) is 5.78 Å². The number of pyridine rings is 1. The average Bonchev–Trinajstić information content (AvgIpc) is 2.76. The van der Waals surface area contributed by atoms with Gasteiger partial charge in [0.05, 0.1) is 5.41 Å². The number of nitrogens with zero attached hydrogens (tertiary/aromatic N) is 1. The zero-order valence-corrected chi connectivity index (χ0v) is 15.2. The summed E-state index contributed by atoms with van der Waals surface area (Å²) in [4.78, 5) is 13.3. The zero-order chi connectivity index (χ0) is 18.5. The predicted octanol–water partition coefficient (Wildman–Crippen LogP) is 4.66. The van der Waals surface area contributed by atoms with Gasteiger partial charge in [0.2, 0.25) is 12.3 Å². The molecule has 0 bridgehead atoms. The van der Waals surface area contributed by atoms with Crippen molar-refractivity contribution < 1.29 is 9.36 Å². The molecule has 0 radical (unpaired) electrons. The molecule has 4 rings (SSSR count). The molecule has 27 heavy (non-hydrogen) atoms. The maximum atomic E-state index is 13.3. The number of hydrogen-bond donors (Lipinski definition) is 0. The summed E-state index contributed by atoms with van der Waals surface area (Å²) in [6.07, 6.45) is 12.7. The van der Waals surface area contributed by atoms with Crippen LogP contribution in [0.1, 0.15) is 12.0 Å². The number of hydrogen-bond acceptors (Lipinski definition) is 1. The van der Waals surface area contributed by atoms with E-state index in [1.807, 2.05) is 65.5 Å². The van der Waals surface area contributed by atoms with Gasteiger partial charge in [-0.3, -0.25) is 4.79 Å². The maximum absolute atomic E-state index is 13.3. The fraction of sp³-hybridized carbons (Fsp3) is 0.120. The van der Waals surface area contributed by atoms with Crippen LogP contribution in [0.3, 0.4) is 0 Å². The number of benzene rings is 2. The van der Waals surface area contributed by atoms with Crippen molar-refractivity contribution in [3.63, 3.8) is 0 Å². The largest absolute Gasteiger partial charge is 0.291 e. The van der Waals surface area contributed by atoms with Crippen LogP contribution in [0.2, 0.25) is 0 Å². The van der Waals surface area contributed by atoms with Crippen LogP contribution in [0.25, 0.3) is 11.1 Å². The van der Waals surface area contributed by atoms with Crippen LogP contribution >= 0.6 is 0 Å². The first kappa shape index (κ1) is 17.2. The Hall–Kier alpha value is -3.26. The lowest BCUT2D eigenvalue weighted by molar-refractivity contribution is -0.684. The number of carbonyl (C=O) groups is 1. The Balaban J connectivity index is 1.67. The summed E-state index contributed by atoms with van der Waals surface area (Å²) in [6.45, 7) is 0.361. The summed E-state index contributed by atoms with van der Waals surface area (Å²) in [5, 5.41) is 0. The van der Waals surface area contributed by atoms with E-state index in [0.717, 1.165) is 11.1 Å². The van der Waals surface area contributed by atoms with Gasteiger partial charge in [-0.05, 0) is 23.1 Å². The molecule has 0 saturated heterocycles. The minimum absolute atomic E-state index is 0.201. The number of rotatable bonds is 5. The third-order valence-electron chi connectivity index (χ3n) is 5.18. The number of Topliss-reactive ketones (excluding diaryl/α,β-unsaturated/α-hetero) is 1. The zero-order valence-electron chi connectivity index (χ0n) is 15.2. The van der Waals surface area contributed by atoms with E-state index in [2.05, 4.69) is 48.6 Å². The summed E-state index contributed by atoms with van der Waals surface area (Å²) in [5.41, 5.74) is 2.79. The van der Waals surface area contributed by atoms with Crippen LogP contribution in [0.15, 0.2) is 109 Å². The molecule has 1 atom stereocenters. The number of allylic oxidation sites excluding steroid dienone is 4. The Morgan fingerprint density at radius 1 is 0.815 bits per heavy atom. The van der Waals surface area contributed by atoms with Crippen molar-refractivity contribution in [1.82, 2.24) is 0 Å². The second kappa shape index (κ2) is 7.55. The summed E-state index contributed by atoms with van der Waals surface area (Å²) in [5.74, 6) is 0.201. The van der Waals surface area contributed by atoms with Crippen LogP contribution in [0, 0.1) is 0 Å². The molecule has 2 nitrogen and oxygen atoms in total. The van der Waals surface area contributed by atoms with Crippen LogP contribution in [0.5, 0.6) is 0 Å². The van der Waals surface area contributed by atoms with Gasteiger partial charge in [0.25, 0.3) is 0 Å². The normalized spacial score (nSPS) is 18.4. The molecule has 3 aromatic rings. The Morgan fingerprint density at radius 3 is 2.15 bits per heavy atom. The molecule has 0 aliphatic heterocycles. The van der Waals surface area contributed by atoms with Crippen molar-refractivity contribution in [2.75, 3.05) is 0 Å². The minimum atomic E-state index is -0.604. The highest BCUT2D eigenvalue weighted by Crippen LogP contribution is 2.35. The van der Waals surface area contributed by atoms with Crippen molar-refractivity contribution in [3.05, 3.63) is 115 Å². The minimum Gasteiger partial charge on any atom is -0.291 e. The first-order valence-corrected chi connectivity index (χ1v) is 9.26. The number of carbonyl (C=O) groups excluding carboxylic acids is 1. The van der Waals surface area contributed by atoms with Crippen molar-refractivity contribution in [2.45, 2.75) is 18.4 Å². The first-order valence-electron chi connectivity index (χ1n) is 9.26. The lowest BCUT2D eigenvalue weighted by atomic mass is 9.72. The second-order valence-electron chi connectivity index (χ2n) is 6.88. The van der Waals surface area contributed by atoms with Gasteiger partial charge in [-0.2, -0.15) is 4.57 Å². The molecule has 1 aromatic heterocycles. The summed E-state index contributed by atoms with van der Waals surface area (Å²) >= 11 is 0. The number of aromatic nitrogens is 1. The van der Waals surface area contributed by atoms with Gasteiger partial charge in [-0.1, -0.05) is 85.0 Å². The molecule has 1 heterocycles. The third kappa shape index (κ3) is 3.52. The molecule has 1 unspecified atom stereocenters. The molecule has 0 fully saturated rings. The smallest absolute Gasteiger partial charge is 0.211 e. The van der Waals surface area contributed by atoms with Gasteiger partial charge >= 0.3 is 0 Å².